The van der Waals surface area contributed by atoms with Crippen LogP contribution < -0.4 is 10.6 Å². The van der Waals surface area contributed by atoms with Crippen LogP contribution in [0.15, 0.2) is 40.5 Å². The Bertz CT molecular complexity index is 583. The molecule has 2 rings (SSSR count). The zero-order chi connectivity index (χ0) is 16.5. The van der Waals surface area contributed by atoms with Crippen molar-refractivity contribution in [1.29, 1.82) is 5.26 Å². The fraction of sp³-hybridized carbons (Fsp3) is 0.444. The van der Waals surface area contributed by atoms with Crippen molar-refractivity contribution in [2.75, 3.05) is 6.54 Å². The molecule has 0 atom stereocenters. The Balaban J connectivity index is 1.77. The molecule has 0 unspecified atom stereocenters. The predicted octanol–water partition coefficient (Wildman–Crippen LogP) is 3.44. The summed E-state index contributed by atoms with van der Waals surface area (Å²) in [6, 6.07) is 10.3. The number of nitrogens with one attached hydrogen (secondary N) is 2. The molecule has 1 aromatic carbocycles. The van der Waals surface area contributed by atoms with Crippen molar-refractivity contribution < 1.29 is 4.79 Å². The van der Waals surface area contributed by atoms with Crippen LogP contribution in [0, 0.1) is 11.3 Å². The van der Waals surface area contributed by atoms with Crippen LogP contribution in [0.3, 0.4) is 0 Å². The lowest BCUT2D eigenvalue weighted by Crippen LogP contribution is -2.37. The van der Waals surface area contributed by atoms with Gasteiger partial charge in [-0.25, -0.2) is 0 Å². The van der Waals surface area contributed by atoms with Gasteiger partial charge >= 0.3 is 0 Å². The topological polar surface area (TPSA) is 64.9 Å². The number of nitrogens with zero attached hydrogens (tertiary/aromatic N) is 1. The monoisotopic (exact) mass is 375 g/mol. The Labute approximate surface area is 146 Å². The van der Waals surface area contributed by atoms with Gasteiger partial charge in [0.1, 0.15) is 11.6 Å². The third kappa shape index (κ3) is 6.07. The average molecular weight is 376 g/mol. The van der Waals surface area contributed by atoms with E-state index in [2.05, 4.69) is 38.7 Å². The standard InChI is InChI=1S/C18H22BrN3O/c19-16-8-6-14(7-9-16)10-11-21-13-15(12-20)18(23)22-17-4-2-1-3-5-17/h6-9,13,17,21H,1-5,10-11H2,(H,22,23)/b15-13-. The van der Waals surface area contributed by atoms with Crippen LogP contribution in [0.1, 0.15) is 37.7 Å². The van der Waals surface area contributed by atoms with Crippen molar-refractivity contribution >= 4 is 21.8 Å². The Morgan fingerprint density at radius 3 is 2.61 bits per heavy atom. The van der Waals surface area contributed by atoms with Crippen molar-refractivity contribution in [3.8, 4) is 6.07 Å². The molecule has 1 aliphatic carbocycles. The van der Waals surface area contributed by atoms with Gasteiger partial charge in [0.2, 0.25) is 0 Å². The number of hydrogen-bond acceptors (Lipinski definition) is 3. The van der Waals surface area contributed by atoms with Crippen molar-refractivity contribution in [3.05, 3.63) is 46.1 Å². The molecule has 0 saturated heterocycles. The van der Waals surface area contributed by atoms with Crippen molar-refractivity contribution in [2.45, 2.75) is 44.6 Å². The summed E-state index contributed by atoms with van der Waals surface area (Å²) < 4.78 is 1.06. The van der Waals surface area contributed by atoms with Gasteiger partial charge in [0.05, 0.1) is 0 Å². The summed E-state index contributed by atoms with van der Waals surface area (Å²) >= 11 is 3.41. The van der Waals surface area contributed by atoms with E-state index in [4.69, 9.17) is 5.26 Å². The van der Waals surface area contributed by atoms with Crippen LogP contribution in [0.4, 0.5) is 0 Å². The van der Waals surface area contributed by atoms with Crippen LogP contribution in [0.2, 0.25) is 0 Å². The molecular weight excluding hydrogens is 354 g/mol. The fourth-order valence-corrected chi connectivity index (χ4v) is 2.96. The summed E-state index contributed by atoms with van der Waals surface area (Å²) in [5.41, 5.74) is 1.35. The van der Waals surface area contributed by atoms with Crippen LogP contribution >= 0.6 is 15.9 Å². The SMILES string of the molecule is N#C/C(=C/NCCc1ccc(Br)cc1)C(=O)NC1CCCCC1. The summed E-state index contributed by atoms with van der Waals surface area (Å²) in [4.78, 5) is 12.1. The first-order chi connectivity index (χ1) is 11.2. The molecule has 0 aromatic heterocycles. The van der Waals surface area contributed by atoms with Crippen LogP contribution in [0.25, 0.3) is 0 Å². The van der Waals surface area contributed by atoms with Crippen molar-refractivity contribution in [3.63, 3.8) is 0 Å². The highest BCUT2D eigenvalue weighted by Gasteiger charge is 2.17. The highest BCUT2D eigenvalue weighted by atomic mass is 79.9. The molecule has 1 saturated carbocycles. The molecule has 0 aliphatic heterocycles. The number of rotatable bonds is 6. The summed E-state index contributed by atoms with van der Waals surface area (Å²) in [6.45, 7) is 0.684. The molecule has 1 aliphatic rings. The Morgan fingerprint density at radius 2 is 1.96 bits per heavy atom. The Kier molecular flexibility index (Phi) is 7.15. The second kappa shape index (κ2) is 9.36. The Hall–Kier alpha value is -1.80. The molecule has 23 heavy (non-hydrogen) atoms. The number of carbonyl (C=O) groups excluding carboxylic acids is 1. The van der Waals surface area contributed by atoms with E-state index in [0.717, 1.165) is 36.6 Å². The van der Waals surface area contributed by atoms with Gasteiger partial charge in [0.25, 0.3) is 5.91 Å². The third-order valence-electron chi connectivity index (χ3n) is 4.02. The van der Waals surface area contributed by atoms with E-state index >= 15 is 0 Å². The first kappa shape index (κ1) is 17.6. The molecule has 0 radical (unpaired) electrons. The Morgan fingerprint density at radius 1 is 1.26 bits per heavy atom. The minimum Gasteiger partial charge on any atom is -0.389 e. The van der Waals surface area contributed by atoms with Gasteiger partial charge in [-0.05, 0) is 37.0 Å². The molecule has 0 spiro atoms. The molecule has 1 amide bonds. The normalized spacial score (nSPS) is 15.7. The van der Waals surface area contributed by atoms with Crippen LogP contribution in [0.5, 0.6) is 0 Å². The quantitative estimate of drug-likeness (QED) is 0.454. The number of amides is 1. The maximum absolute atomic E-state index is 12.1. The minimum absolute atomic E-state index is 0.145. The van der Waals surface area contributed by atoms with Crippen molar-refractivity contribution in [2.24, 2.45) is 0 Å². The molecule has 1 fully saturated rings. The first-order valence-electron chi connectivity index (χ1n) is 8.08. The lowest BCUT2D eigenvalue weighted by molar-refractivity contribution is -0.118. The largest absolute Gasteiger partial charge is 0.389 e. The summed E-state index contributed by atoms with van der Waals surface area (Å²) in [5.74, 6) is -0.268. The second-order valence-electron chi connectivity index (χ2n) is 5.81. The molecule has 122 valence electrons. The maximum atomic E-state index is 12.1. The van der Waals surface area contributed by atoms with Crippen LogP contribution in [-0.4, -0.2) is 18.5 Å². The predicted molar refractivity (Wildman–Crippen MR) is 94.6 cm³/mol. The fourth-order valence-electron chi connectivity index (χ4n) is 2.70. The van der Waals surface area contributed by atoms with Gasteiger partial charge < -0.3 is 10.6 Å². The smallest absolute Gasteiger partial charge is 0.263 e. The highest BCUT2D eigenvalue weighted by molar-refractivity contribution is 9.10. The number of carbonyl (C=O) groups is 1. The number of nitriles is 1. The van der Waals surface area contributed by atoms with Gasteiger partial charge in [-0.2, -0.15) is 5.26 Å². The number of benzene rings is 1. The van der Waals surface area contributed by atoms with E-state index in [9.17, 15) is 4.79 Å². The van der Waals surface area contributed by atoms with E-state index < -0.39 is 0 Å². The summed E-state index contributed by atoms with van der Waals surface area (Å²) in [5, 5.41) is 15.2. The van der Waals surface area contributed by atoms with Crippen LogP contribution in [-0.2, 0) is 11.2 Å². The van der Waals surface area contributed by atoms with Gasteiger partial charge in [-0.1, -0.05) is 47.3 Å². The zero-order valence-corrected chi connectivity index (χ0v) is 14.7. The molecular formula is C18H22BrN3O. The molecule has 0 bridgehead atoms. The molecule has 1 aromatic rings. The molecule has 5 heteroatoms. The number of halogens is 1. The summed E-state index contributed by atoms with van der Waals surface area (Å²) in [6.07, 6.45) is 7.95. The van der Waals surface area contributed by atoms with E-state index in [1.807, 2.05) is 18.2 Å². The van der Waals surface area contributed by atoms with Gasteiger partial charge in [-0.15, -0.1) is 0 Å². The van der Waals surface area contributed by atoms with E-state index in [1.54, 1.807) is 0 Å². The lowest BCUT2D eigenvalue weighted by atomic mass is 9.95. The first-order valence-corrected chi connectivity index (χ1v) is 8.87. The summed E-state index contributed by atoms with van der Waals surface area (Å²) in [7, 11) is 0. The molecule has 0 heterocycles. The average Bonchev–Trinajstić information content (AvgIpc) is 2.57. The van der Waals surface area contributed by atoms with Gasteiger partial charge in [-0.3, -0.25) is 4.79 Å². The highest BCUT2D eigenvalue weighted by Crippen LogP contribution is 2.17. The zero-order valence-electron chi connectivity index (χ0n) is 13.1. The van der Waals surface area contributed by atoms with Gasteiger partial charge in [0, 0.05) is 23.3 Å². The lowest BCUT2D eigenvalue weighted by Gasteiger charge is -2.22. The third-order valence-corrected chi connectivity index (χ3v) is 4.55. The van der Waals surface area contributed by atoms with E-state index in [0.29, 0.717) is 6.54 Å². The molecule has 2 N–H and O–H groups in total. The number of hydrogen-bond donors (Lipinski definition) is 2. The molecule has 4 nitrogen and oxygen atoms in total. The van der Waals surface area contributed by atoms with Gasteiger partial charge in [0.15, 0.2) is 0 Å². The van der Waals surface area contributed by atoms with E-state index in [1.165, 1.54) is 18.2 Å². The second-order valence-corrected chi connectivity index (χ2v) is 6.72. The minimum atomic E-state index is -0.268. The van der Waals surface area contributed by atoms with Crippen molar-refractivity contribution in [1.82, 2.24) is 10.6 Å². The maximum Gasteiger partial charge on any atom is 0.263 e. The van der Waals surface area contributed by atoms with E-state index in [-0.39, 0.29) is 17.5 Å².